The number of rotatable bonds is 24. The van der Waals surface area contributed by atoms with E-state index in [2.05, 4.69) is 16.0 Å². The third kappa shape index (κ3) is 14.8. The first-order chi connectivity index (χ1) is 21.6. The molecule has 1 heterocycles. The van der Waals surface area contributed by atoms with Crippen LogP contribution in [-0.2, 0) is 47.9 Å². The number of unbranched alkanes of at least 4 members (excludes halogenated alkanes) is 1. The summed E-state index contributed by atoms with van der Waals surface area (Å²) in [7, 11) is -3.77. The summed E-state index contributed by atoms with van der Waals surface area (Å²) >= 11 is 0. The number of hydrogen-bond donors (Lipinski definition) is 5. The van der Waals surface area contributed by atoms with Gasteiger partial charge in [-0.05, 0) is 37.0 Å². The van der Waals surface area contributed by atoms with E-state index in [1.165, 1.54) is 12.1 Å². The Hall–Kier alpha value is -3.61. The Balaban J connectivity index is 1.47. The first-order valence-corrected chi connectivity index (χ1v) is 15.9. The Morgan fingerprint density at radius 3 is 2.09 bits per heavy atom. The molecule has 0 aliphatic carbocycles. The van der Waals surface area contributed by atoms with Crippen molar-refractivity contribution >= 4 is 39.8 Å². The fourth-order valence-corrected chi connectivity index (χ4v) is 5.33. The molecule has 0 radical (unpaired) electrons. The van der Waals surface area contributed by atoms with Gasteiger partial charge in [-0.3, -0.25) is 9.59 Å². The number of amides is 3. The van der Waals surface area contributed by atoms with Gasteiger partial charge in [-0.2, -0.15) is 0 Å². The van der Waals surface area contributed by atoms with Crippen LogP contribution in [0.3, 0.4) is 0 Å². The monoisotopic (exact) mass is 658 g/mol. The van der Waals surface area contributed by atoms with Crippen LogP contribution in [0.4, 0.5) is 4.79 Å². The van der Waals surface area contributed by atoms with Crippen LogP contribution in [0, 0.1) is 0 Å². The quantitative estimate of drug-likeness (QED) is 0.0877. The topological polar surface area (TPSA) is 231 Å². The summed E-state index contributed by atoms with van der Waals surface area (Å²) < 4.78 is 50.9. The van der Waals surface area contributed by atoms with Gasteiger partial charge in [0.15, 0.2) is 0 Å². The molecule has 3 amide bonds. The number of hydrogen-bond acceptors (Lipinski definition) is 12. The molecule has 2 rings (SSSR count). The molecule has 17 heteroatoms. The predicted molar refractivity (Wildman–Crippen MR) is 160 cm³/mol. The third-order valence-corrected chi connectivity index (χ3v) is 7.97. The molecule has 6 N–H and O–H groups in total. The first kappa shape index (κ1) is 37.6. The second-order valence-electron chi connectivity index (χ2n) is 9.58. The number of benzene rings is 1. The lowest BCUT2D eigenvalue weighted by Gasteiger charge is -2.15. The fraction of sp³-hybridized carbons (Fsp3) is 0.571. The number of carboxylic acid groups (broad SMARTS) is 1. The van der Waals surface area contributed by atoms with E-state index in [0.717, 1.165) is 0 Å². The van der Waals surface area contributed by atoms with Crippen LogP contribution in [0.2, 0.25) is 0 Å². The van der Waals surface area contributed by atoms with E-state index in [1.54, 1.807) is 18.2 Å². The number of sulfone groups is 1. The number of carbonyl (C=O) groups excluding carboxylic acids is 3. The standard InChI is InChI=1S/C28H42N4O12S/c29-8-11-40-13-15-42-20-26(34)31-10-12-41-14-16-43-19-25(33)30-9-4-3-6-23(27(35)36)32-28(37)44-18-22-17-21-5-1-2-7-24(21)45(22,38)39/h1-2,5,7,17,23H,3-4,6,8-16,18-20,29H2,(H,30,33)(H,31,34)(H,32,37)(H,35,36)/t23-/m0/s1. The van der Waals surface area contributed by atoms with E-state index in [1.807, 2.05) is 0 Å². The van der Waals surface area contributed by atoms with Gasteiger partial charge in [-0.15, -0.1) is 0 Å². The van der Waals surface area contributed by atoms with E-state index < -0.39 is 34.5 Å². The smallest absolute Gasteiger partial charge is 0.408 e. The van der Waals surface area contributed by atoms with Crippen molar-refractivity contribution in [3.63, 3.8) is 0 Å². The molecule has 0 aromatic heterocycles. The van der Waals surface area contributed by atoms with Crippen LogP contribution in [0.1, 0.15) is 24.8 Å². The van der Waals surface area contributed by atoms with Crippen molar-refractivity contribution < 1.29 is 56.4 Å². The number of nitrogens with two attached hydrogens (primary N) is 1. The highest BCUT2D eigenvalue weighted by Gasteiger charge is 2.30. The number of aliphatic carboxylic acids is 1. The highest BCUT2D eigenvalue weighted by atomic mass is 32.2. The number of nitrogens with one attached hydrogen (secondary N) is 3. The summed E-state index contributed by atoms with van der Waals surface area (Å²) in [6.07, 6.45) is 1.23. The second-order valence-corrected chi connectivity index (χ2v) is 11.5. The zero-order chi connectivity index (χ0) is 32.9. The van der Waals surface area contributed by atoms with E-state index in [9.17, 15) is 32.7 Å². The minimum atomic E-state index is -3.77. The van der Waals surface area contributed by atoms with Gasteiger partial charge in [0.2, 0.25) is 21.7 Å². The third-order valence-electron chi connectivity index (χ3n) is 6.09. The SMILES string of the molecule is NCCOCCOCC(=O)NCCOCCOCC(=O)NCCCC[C@H](NC(=O)OCC1=Cc2ccccc2S1(=O)=O)C(=O)O. The van der Waals surface area contributed by atoms with Crippen molar-refractivity contribution in [2.45, 2.75) is 30.2 Å². The minimum absolute atomic E-state index is 0.0677. The maximum absolute atomic E-state index is 12.5. The first-order valence-electron chi connectivity index (χ1n) is 14.4. The number of carboxylic acids is 1. The number of fused-ring (bicyclic) bond motifs is 1. The zero-order valence-corrected chi connectivity index (χ0v) is 25.8. The summed E-state index contributed by atoms with van der Waals surface area (Å²) in [6.45, 7) is 1.96. The van der Waals surface area contributed by atoms with Gasteiger partial charge >= 0.3 is 12.1 Å². The van der Waals surface area contributed by atoms with Gasteiger partial charge in [-0.25, -0.2) is 18.0 Å². The normalized spacial score (nSPS) is 13.8. The number of alkyl carbamates (subject to hydrolysis) is 1. The average molecular weight is 659 g/mol. The van der Waals surface area contributed by atoms with Crippen LogP contribution in [0.15, 0.2) is 34.1 Å². The van der Waals surface area contributed by atoms with Crippen LogP contribution in [0.5, 0.6) is 0 Å². The minimum Gasteiger partial charge on any atom is -0.480 e. The molecule has 1 aromatic rings. The fourth-order valence-electron chi connectivity index (χ4n) is 3.85. The maximum atomic E-state index is 12.5. The van der Waals surface area contributed by atoms with Gasteiger partial charge < -0.3 is 50.5 Å². The molecule has 0 spiro atoms. The molecule has 0 saturated heterocycles. The lowest BCUT2D eigenvalue weighted by molar-refractivity contribution is -0.139. The highest BCUT2D eigenvalue weighted by Crippen LogP contribution is 2.32. The lowest BCUT2D eigenvalue weighted by Crippen LogP contribution is -2.41. The van der Waals surface area contributed by atoms with Gasteiger partial charge in [0, 0.05) is 19.6 Å². The molecule has 1 aromatic carbocycles. The summed E-state index contributed by atoms with van der Waals surface area (Å²) in [5.41, 5.74) is 5.78. The Labute approximate surface area is 261 Å². The molecule has 1 atom stereocenters. The summed E-state index contributed by atoms with van der Waals surface area (Å²) in [5, 5.41) is 16.9. The molecule has 16 nitrogen and oxygen atoms in total. The molecule has 252 valence electrons. The van der Waals surface area contributed by atoms with Crippen molar-refractivity contribution in [2.75, 3.05) is 79.1 Å². The van der Waals surface area contributed by atoms with Gasteiger partial charge in [0.25, 0.3) is 0 Å². The van der Waals surface area contributed by atoms with Crippen molar-refractivity contribution in [1.29, 1.82) is 0 Å². The van der Waals surface area contributed by atoms with Gasteiger partial charge in [0.05, 0.1) is 49.4 Å². The van der Waals surface area contributed by atoms with Crippen LogP contribution in [0.25, 0.3) is 6.08 Å². The maximum Gasteiger partial charge on any atom is 0.408 e. The zero-order valence-electron chi connectivity index (χ0n) is 25.0. The van der Waals surface area contributed by atoms with E-state index >= 15 is 0 Å². The van der Waals surface area contributed by atoms with Crippen LogP contribution < -0.4 is 21.7 Å². The second kappa shape index (κ2) is 21.2. The number of carbonyl (C=O) groups is 4. The molecular formula is C28H42N4O12S. The van der Waals surface area contributed by atoms with Crippen molar-refractivity contribution in [3.8, 4) is 0 Å². The molecule has 0 unspecified atom stereocenters. The predicted octanol–water partition coefficient (Wildman–Crippen LogP) is -0.578. The largest absolute Gasteiger partial charge is 0.480 e. The van der Waals surface area contributed by atoms with Crippen LogP contribution >= 0.6 is 0 Å². The molecule has 1 aliphatic heterocycles. The molecule has 1 aliphatic rings. The Morgan fingerprint density at radius 2 is 1.44 bits per heavy atom. The van der Waals surface area contributed by atoms with Crippen LogP contribution in [-0.4, -0.2) is 123 Å². The average Bonchev–Trinajstić information content (AvgIpc) is 3.27. The Morgan fingerprint density at radius 1 is 0.822 bits per heavy atom. The summed E-state index contributed by atoms with van der Waals surface area (Å²) in [4.78, 5) is 47.2. The molecule has 45 heavy (non-hydrogen) atoms. The van der Waals surface area contributed by atoms with Crippen molar-refractivity contribution in [3.05, 3.63) is 34.7 Å². The lowest BCUT2D eigenvalue weighted by atomic mass is 10.1. The Bertz CT molecular complexity index is 1240. The summed E-state index contributed by atoms with van der Waals surface area (Å²) in [6, 6.07) is 5.11. The van der Waals surface area contributed by atoms with Gasteiger partial charge in [-0.1, -0.05) is 18.2 Å². The van der Waals surface area contributed by atoms with E-state index in [-0.39, 0.29) is 67.6 Å². The number of ether oxygens (including phenoxy) is 5. The van der Waals surface area contributed by atoms with Gasteiger partial charge in [0.1, 0.15) is 25.9 Å². The van der Waals surface area contributed by atoms with E-state index in [0.29, 0.717) is 51.3 Å². The highest BCUT2D eigenvalue weighted by molar-refractivity contribution is 7.95. The van der Waals surface area contributed by atoms with Crippen molar-refractivity contribution in [2.24, 2.45) is 5.73 Å². The molecule has 0 saturated carbocycles. The molecular weight excluding hydrogens is 616 g/mol. The van der Waals surface area contributed by atoms with E-state index in [4.69, 9.17) is 29.4 Å². The molecule has 0 bridgehead atoms. The Kier molecular flexibility index (Phi) is 17.7. The molecule has 0 fully saturated rings. The van der Waals surface area contributed by atoms with Crippen molar-refractivity contribution in [1.82, 2.24) is 16.0 Å². The summed E-state index contributed by atoms with van der Waals surface area (Å²) in [5.74, 6) is -1.91.